The molecule has 4 rings (SSSR count). The molecule has 10 nitrogen and oxygen atoms in total. The smallest absolute Gasteiger partial charge is 0.261 e. The molecule has 2 saturated heterocycles. The van der Waals surface area contributed by atoms with Crippen LogP contribution < -0.4 is 20.9 Å². The van der Waals surface area contributed by atoms with Crippen molar-refractivity contribution in [2.24, 2.45) is 7.05 Å². The molecule has 0 saturated carbocycles. The first-order valence-electron chi connectivity index (χ1n) is 11.1. The summed E-state index contributed by atoms with van der Waals surface area (Å²) in [6.07, 6.45) is 2.27. The lowest BCUT2D eigenvalue weighted by atomic mass is 10.0. The number of aromatic nitrogens is 2. The van der Waals surface area contributed by atoms with Crippen molar-refractivity contribution in [3.8, 4) is 5.88 Å². The van der Waals surface area contributed by atoms with Gasteiger partial charge in [0.15, 0.2) is 0 Å². The molecular weight excluding hydrogens is 429 g/mol. The zero-order chi connectivity index (χ0) is 23.4. The number of ether oxygens (including phenoxy) is 1. The summed E-state index contributed by atoms with van der Waals surface area (Å²) in [6.45, 7) is 3.94. The quantitative estimate of drug-likeness (QED) is 0.538. The third-order valence-electron chi connectivity index (χ3n) is 6.10. The predicted octanol–water partition coefficient (Wildman–Crippen LogP) is 0.0496. The Labute approximate surface area is 192 Å². The van der Waals surface area contributed by atoms with Crippen LogP contribution in [0.4, 0.5) is 4.39 Å². The van der Waals surface area contributed by atoms with Crippen LogP contribution >= 0.6 is 0 Å². The number of nitrogens with zero attached hydrogens (tertiary/aromatic N) is 4. The van der Waals surface area contributed by atoms with E-state index in [0.29, 0.717) is 44.0 Å². The van der Waals surface area contributed by atoms with Crippen molar-refractivity contribution in [2.75, 3.05) is 46.4 Å². The molecule has 33 heavy (non-hydrogen) atoms. The van der Waals surface area contributed by atoms with Gasteiger partial charge in [0.05, 0.1) is 7.11 Å². The molecule has 0 bridgehead atoms. The second-order valence-corrected chi connectivity index (χ2v) is 8.33. The lowest BCUT2D eigenvalue weighted by molar-refractivity contribution is -0.122. The van der Waals surface area contributed by atoms with Gasteiger partial charge in [-0.3, -0.25) is 19.2 Å². The Morgan fingerprint density at radius 1 is 1.18 bits per heavy atom. The number of hydrazine groups is 1. The average Bonchev–Trinajstić information content (AvgIpc) is 3.46. The molecule has 1 aromatic heterocycles. The van der Waals surface area contributed by atoms with E-state index >= 15 is 0 Å². The van der Waals surface area contributed by atoms with Gasteiger partial charge < -0.3 is 15.0 Å². The number of piperazine rings is 1. The van der Waals surface area contributed by atoms with E-state index < -0.39 is 0 Å². The number of hydrogen-bond acceptors (Lipinski definition) is 7. The molecule has 1 aromatic carbocycles. The van der Waals surface area contributed by atoms with Crippen molar-refractivity contribution in [3.05, 3.63) is 47.4 Å². The second-order valence-electron chi connectivity index (χ2n) is 8.33. The van der Waals surface area contributed by atoms with Crippen LogP contribution in [0.3, 0.4) is 0 Å². The Morgan fingerprint density at radius 2 is 1.91 bits per heavy atom. The molecule has 178 valence electrons. The van der Waals surface area contributed by atoms with E-state index in [1.807, 2.05) is 0 Å². The first-order valence-corrected chi connectivity index (χ1v) is 11.1. The van der Waals surface area contributed by atoms with Gasteiger partial charge in [0, 0.05) is 58.6 Å². The number of carbonyl (C=O) groups is 2. The molecule has 2 fully saturated rings. The first kappa shape index (κ1) is 23.1. The van der Waals surface area contributed by atoms with Gasteiger partial charge in [0.2, 0.25) is 11.8 Å². The number of carbonyl (C=O) groups excluding carboxylic acids is 2. The van der Waals surface area contributed by atoms with Gasteiger partial charge in [-0.25, -0.2) is 15.2 Å². The topological polar surface area (TPSA) is 104 Å². The summed E-state index contributed by atoms with van der Waals surface area (Å²) in [5.74, 6) is -0.0849. The fourth-order valence-corrected chi connectivity index (χ4v) is 4.21. The number of rotatable bonds is 7. The minimum Gasteiger partial charge on any atom is -0.479 e. The Kier molecular flexibility index (Phi) is 7.21. The van der Waals surface area contributed by atoms with E-state index in [1.165, 1.54) is 19.2 Å². The average molecular weight is 460 g/mol. The highest BCUT2D eigenvalue weighted by Crippen LogP contribution is 2.22. The van der Waals surface area contributed by atoms with Crippen molar-refractivity contribution in [1.82, 2.24) is 35.7 Å². The minimum absolute atomic E-state index is 0.0367. The number of nitrogens with one attached hydrogen (secondary N) is 3. The van der Waals surface area contributed by atoms with Crippen LogP contribution in [-0.4, -0.2) is 83.8 Å². The number of aryl methyl sites for hydroxylation is 1. The molecule has 0 radical (unpaired) electrons. The Morgan fingerprint density at radius 3 is 2.61 bits per heavy atom. The van der Waals surface area contributed by atoms with Crippen LogP contribution in [-0.2, 0) is 11.8 Å². The van der Waals surface area contributed by atoms with Crippen LogP contribution in [0.2, 0.25) is 0 Å². The first-order chi connectivity index (χ1) is 15.9. The molecule has 2 aliphatic heterocycles. The van der Waals surface area contributed by atoms with E-state index in [-0.39, 0.29) is 29.7 Å². The summed E-state index contributed by atoms with van der Waals surface area (Å²) in [5, 5.41) is 7.13. The number of hydrogen-bond donors (Lipinski definition) is 3. The summed E-state index contributed by atoms with van der Waals surface area (Å²) >= 11 is 0. The van der Waals surface area contributed by atoms with Crippen molar-refractivity contribution in [2.45, 2.75) is 18.5 Å². The molecule has 2 aromatic rings. The lowest BCUT2D eigenvalue weighted by Crippen LogP contribution is -2.51. The Balaban J connectivity index is 1.17. The Hall–Kier alpha value is -3.02. The standard InChI is InChI=1S/C22H30FN7O3/c1-28-14-17(21(27-28)33-2)22(32)30-11-9-29(10-12-30)8-7-24-20(31)19-13-18(25-26-19)15-3-5-16(23)6-4-15/h3-6,14,18-19,25-26H,7-13H2,1-2H3,(H,24,31). The molecule has 2 aliphatic rings. The SMILES string of the molecule is COc1nn(C)cc1C(=O)N1CCN(CCNC(=O)C2CC(c3ccc(F)cc3)NN2)CC1. The van der Waals surface area contributed by atoms with Gasteiger partial charge in [-0.15, -0.1) is 5.10 Å². The number of methoxy groups -OCH3 is 1. The molecule has 3 heterocycles. The zero-order valence-electron chi connectivity index (χ0n) is 18.9. The van der Waals surface area contributed by atoms with Gasteiger partial charge in [-0.2, -0.15) is 0 Å². The van der Waals surface area contributed by atoms with Gasteiger partial charge in [0.1, 0.15) is 17.4 Å². The molecular formula is C22H30FN7O3. The Bertz CT molecular complexity index is 973. The van der Waals surface area contributed by atoms with E-state index in [0.717, 1.165) is 18.7 Å². The fourth-order valence-electron chi connectivity index (χ4n) is 4.21. The molecule has 0 aliphatic carbocycles. The maximum atomic E-state index is 13.1. The largest absolute Gasteiger partial charge is 0.479 e. The third-order valence-corrected chi connectivity index (χ3v) is 6.10. The molecule has 3 N–H and O–H groups in total. The highest BCUT2D eigenvalue weighted by molar-refractivity contribution is 5.96. The third kappa shape index (κ3) is 5.49. The summed E-state index contributed by atoms with van der Waals surface area (Å²) in [5.41, 5.74) is 7.54. The van der Waals surface area contributed by atoms with Crippen LogP contribution in [0.25, 0.3) is 0 Å². The summed E-state index contributed by atoms with van der Waals surface area (Å²) in [6, 6.07) is 5.91. The molecule has 2 unspecified atom stereocenters. The van der Waals surface area contributed by atoms with Crippen molar-refractivity contribution >= 4 is 11.8 Å². The van der Waals surface area contributed by atoms with E-state index in [4.69, 9.17) is 4.74 Å². The van der Waals surface area contributed by atoms with E-state index in [2.05, 4.69) is 26.2 Å². The van der Waals surface area contributed by atoms with Crippen molar-refractivity contribution in [3.63, 3.8) is 0 Å². The van der Waals surface area contributed by atoms with Gasteiger partial charge in [-0.05, 0) is 24.1 Å². The highest BCUT2D eigenvalue weighted by Gasteiger charge is 2.30. The summed E-state index contributed by atoms with van der Waals surface area (Å²) < 4.78 is 19.9. The number of halogens is 1. The van der Waals surface area contributed by atoms with Gasteiger partial charge >= 0.3 is 0 Å². The monoisotopic (exact) mass is 459 g/mol. The van der Waals surface area contributed by atoms with E-state index in [9.17, 15) is 14.0 Å². The number of benzene rings is 1. The molecule has 2 amide bonds. The maximum absolute atomic E-state index is 13.1. The van der Waals surface area contributed by atoms with Crippen LogP contribution in [0.5, 0.6) is 5.88 Å². The minimum atomic E-state index is -0.344. The van der Waals surface area contributed by atoms with Crippen molar-refractivity contribution in [1.29, 1.82) is 0 Å². The summed E-state index contributed by atoms with van der Waals surface area (Å²) in [4.78, 5) is 29.3. The normalized spacial score (nSPS) is 21.2. The number of amides is 2. The summed E-state index contributed by atoms with van der Waals surface area (Å²) in [7, 11) is 3.26. The van der Waals surface area contributed by atoms with Crippen molar-refractivity contribution < 1.29 is 18.7 Å². The van der Waals surface area contributed by atoms with Gasteiger partial charge in [-0.1, -0.05) is 12.1 Å². The van der Waals surface area contributed by atoms with Gasteiger partial charge in [0.25, 0.3) is 5.91 Å². The zero-order valence-corrected chi connectivity index (χ0v) is 18.9. The molecule has 2 atom stereocenters. The molecule has 0 spiro atoms. The van der Waals surface area contributed by atoms with Crippen LogP contribution in [0.1, 0.15) is 28.4 Å². The van der Waals surface area contributed by atoms with Crippen LogP contribution in [0, 0.1) is 5.82 Å². The fraction of sp³-hybridized carbons (Fsp3) is 0.500. The highest BCUT2D eigenvalue weighted by atomic mass is 19.1. The lowest BCUT2D eigenvalue weighted by Gasteiger charge is -2.34. The van der Waals surface area contributed by atoms with Crippen LogP contribution in [0.15, 0.2) is 30.5 Å². The maximum Gasteiger partial charge on any atom is 0.261 e. The predicted molar refractivity (Wildman–Crippen MR) is 119 cm³/mol. The molecule has 11 heteroatoms. The second kappa shape index (κ2) is 10.3. The van der Waals surface area contributed by atoms with E-state index in [1.54, 1.807) is 35.0 Å².